The van der Waals surface area contributed by atoms with E-state index >= 15 is 0 Å². The number of carbonyl (C=O) groups excluding carboxylic acids is 1. The molecule has 0 saturated carbocycles. The van der Waals surface area contributed by atoms with Gasteiger partial charge in [-0.25, -0.2) is 9.18 Å². The molecule has 1 aromatic rings. The predicted octanol–water partition coefficient (Wildman–Crippen LogP) is 2.86. The summed E-state index contributed by atoms with van der Waals surface area (Å²) in [6, 6.07) is 6.59. The van der Waals surface area contributed by atoms with Crippen molar-refractivity contribution in [2.24, 2.45) is 0 Å². The molecule has 0 heterocycles. The summed E-state index contributed by atoms with van der Waals surface area (Å²) >= 11 is 5.68. The van der Waals surface area contributed by atoms with Gasteiger partial charge in [0.05, 0.1) is 0 Å². The molecule has 76 valence electrons. The normalized spacial score (nSPS) is 9.57. The first-order valence-corrected chi connectivity index (χ1v) is 4.35. The van der Waals surface area contributed by atoms with Gasteiger partial charge in [-0.2, -0.15) is 0 Å². The van der Waals surface area contributed by atoms with E-state index in [1.165, 1.54) is 0 Å². The Hall–Kier alpha value is -1.29. The molecule has 0 radical (unpaired) electrons. The molecule has 0 aromatic heterocycles. The molecule has 0 fully saturated rings. The van der Waals surface area contributed by atoms with Gasteiger partial charge in [-0.3, -0.25) is 5.32 Å². The molecule has 1 rings (SSSR count). The van der Waals surface area contributed by atoms with Crippen molar-refractivity contribution < 1.29 is 13.9 Å². The Morgan fingerprint density at radius 2 is 2.36 bits per heavy atom. The first kappa shape index (κ1) is 10.8. The molecule has 0 spiro atoms. The third-order valence-corrected chi connectivity index (χ3v) is 1.62. The average Bonchev–Trinajstić information content (AvgIpc) is 2.15. The summed E-state index contributed by atoms with van der Waals surface area (Å²) < 4.78 is 16.1. The zero-order valence-electron chi connectivity index (χ0n) is 7.30. The van der Waals surface area contributed by atoms with Gasteiger partial charge in [-0.1, -0.05) is 17.7 Å². The number of nitrogens with one attached hydrogen (secondary N) is 1. The van der Waals surface area contributed by atoms with Crippen LogP contribution in [0.3, 0.4) is 0 Å². The van der Waals surface area contributed by atoms with Gasteiger partial charge in [0.2, 0.25) is 0 Å². The fraction of sp³-hybridized carbons (Fsp3) is 0.222. The third kappa shape index (κ3) is 3.62. The molecular weight excluding hydrogens is 209 g/mol. The van der Waals surface area contributed by atoms with Crippen LogP contribution in [0.25, 0.3) is 0 Å². The molecule has 0 saturated heterocycles. The zero-order chi connectivity index (χ0) is 10.4. The second-order valence-electron chi connectivity index (χ2n) is 2.46. The van der Waals surface area contributed by atoms with E-state index < -0.39 is 12.8 Å². The number of rotatable bonds is 3. The Morgan fingerprint density at radius 1 is 1.57 bits per heavy atom. The maximum atomic E-state index is 11.6. The molecule has 1 N–H and O–H groups in total. The van der Waals surface area contributed by atoms with Crippen LogP contribution in [0.1, 0.15) is 0 Å². The third-order valence-electron chi connectivity index (χ3n) is 1.38. The molecule has 0 aliphatic rings. The molecule has 1 aromatic carbocycles. The molecule has 0 aliphatic carbocycles. The topological polar surface area (TPSA) is 38.3 Å². The Bertz CT molecular complexity index is 319. The summed E-state index contributed by atoms with van der Waals surface area (Å²) in [5.74, 6) is 0. The van der Waals surface area contributed by atoms with Crippen LogP contribution in [-0.2, 0) is 4.74 Å². The molecule has 5 heteroatoms. The number of carbonyl (C=O) groups is 1. The monoisotopic (exact) mass is 217 g/mol. The van der Waals surface area contributed by atoms with Crippen molar-refractivity contribution in [1.82, 2.24) is 0 Å². The van der Waals surface area contributed by atoms with Crippen molar-refractivity contribution in [2.45, 2.75) is 0 Å². The zero-order valence-corrected chi connectivity index (χ0v) is 8.05. The van der Waals surface area contributed by atoms with E-state index in [4.69, 9.17) is 11.6 Å². The highest BCUT2D eigenvalue weighted by Crippen LogP contribution is 2.14. The summed E-state index contributed by atoms with van der Waals surface area (Å²) in [5.41, 5.74) is 0.515. The van der Waals surface area contributed by atoms with Gasteiger partial charge >= 0.3 is 6.09 Å². The smallest absolute Gasteiger partial charge is 0.411 e. The van der Waals surface area contributed by atoms with Gasteiger partial charge in [-0.15, -0.1) is 0 Å². The van der Waals surface area contributed by atoms with Gasteiger partial charge in [0.15, 0.2) is 0 Å². The van der Waals surface area contributed by atoms with Gasteiger partial charge in [-0.05, 0) is 18.2 Å². The molecule has 0 bridgehead atoms. The molecule has 0 atom stereocenters. The van der Waals surface area contributed by atoms with Crippen LogP contribution in [0, 0.1) is 0 Å². The van der Waals surface area contributed by atoms with Gasteiger partial charge in [0.1, 0.15) is 13.3 Å². The van der Waals surface area contributed by atoms with Crippen LogP contribution >= 0.6 is 11.6 Å². The minimum absolute atomic E-state index is 0.244. The highest BCUT2D eigenvalue weighted by Gasteiger charge is 2.02. The van der Waals surface area contributed by atoms with Crippen LogP contribution in [0.4, 0.5) is 14.9 Å². The summed E-state index contributed by atoms with van der Waals surface area (Å²) in [6.07, 6.45) is -0.690. The van der Waals surface area contributed by atoms with E-state index in [0.717, 1.165) is 0 Å². The second kappa shape index (κ2) is 5.44. The quantitative estimate of drug-likeness (QED) is 0.846. The maximum Gasteiger partial charge on any atom is 0.411 e. The van der Waals surface area contributed by atoms with Crippen LogP contribution in [0.2, 0.25) is 5.02 Å². The maximum absolute atomic E-state index is 11.6. The Kier molecular flexibility index (Phi) is 4.19. The number of ether oxygens (including phenoxy) is 1. The summed E-state index contributed by atoms with van der Waals surface area (Å²) in [5, 5.41) is 2.91. The Morgan fingerprint density at radius 3 is 3.00 bits per heavy atom. The number of hydrogen-bond acceptors (Lipinski definition) is 2. The lowest BCUT2D eigenvalue weighted by molar-refractivity contribution is 0.152. The van der Waals surface area contributed by atoms with Crippen molar-refractivity contribution in [3.05, 3.63) is 29.3 Å². The standard InChI is InChI=1S/C9H9ClFNO2/c10-7-2-1-3-8(6-7)12-9(13)14-5-4-11/h1-3,6H,4-5H2,(H,12,13). The number of benzene rings is 1. The molecule has 0 unspecified atom stereocenters. The molecule has 14 heavy (non-hydrogen) atoms. The van der Waals surface area contributed by atoms with Crippen LogP contribution in [-0.4, -0.2) is 19.4 Å². The Labute approximate surface area is 85.8 Å². The van der Waals surface area contributed by atoms with E-state index in [1.807, 2.05) is 0 Å². The summed E-state index contributed by atoms with van der Waals surface area (Å²) in [6.45, 7) is -0.935. The number of anilines is 1. The lowest BCUT2D eigenvalue weighted by Crippen LogP contribution is -2.14. The van der Waals surface area contributed by atoms with E-state index in [0.29, 0.717) is 10.7 Å². The second-order valence-corrected chi connectivity index (χ2v) is 2.90. The summed E-state index contributed by atoms with van der Waals surface area (Å²) in [7, 11) is 0. The first-order valence-electron chi connectivity index (χ1n) is 3.97. The van der Waals surface area contributed by atoms with Crippen molar-refractivity contribution in [1.29, 1.82) is 0 Å². The number of alkyl halides is 1. The number of halogens is 2. The van der Waals surface area contributed by atoms with Gasteiger partial charge in [0, 0.05) is 10.7 Å². The minimum Gasteiger partial charge on any atom is -0.447 e. The molecule has 1 amide bonds. The van der Waals surface area contributed by atoms with E-state index in [2.05, 4.69) is 10.1 Å². The van der Waals surface area contributed by atoms with Crippen LogP contribution < -0.4 is 5.32 Å². The number of amides is 1. The lowest BCUT2D eigenvalue weighted by atomic mass is 10.3. The summed E-state index contributed by atoms with van der Waals surface area (Å²) in [4.78, 5) is 10.9. The van der Waals surface area contributed by atoms with Crippen molar-refractivity contribution in [3.63, 3.8) is 0 Å². The SMILES string of the molecule is O=C(Nc1cccc(Cl)c1)OCCF. The Balaban J connectivity index is 2.47. The molecule has 0 aliphatic heterocycles. The van der Waals surface area contributed by atoms with E-state index in [-0.39, 0.29) is 6.61 Å². The van der Waals surface area contributed by atoms with E-state index in [1.54, 1.807) is 24.3 Å². The van der Waals surface area contributed by atoms with Crippen molar-refractivity contribution in [2.75, 3.05) is 18.6 Å². The van der Waals surface area contributed by atoms with Crippen molar-refractivity contribution in [3.8, 4) is 0 Å². The first-order chi connectivity index (χ1) is 6.72. The van der Waals surface area contributed by atoms with Gasteiger partial charge in [0.25, 0.3) is 0 Å². The fourth-order valence-corrected chi connectivity index (χ4v) is 1.04. The fourth-order valence-electron chi connectivity index (χ4n) is 0.851. The number of hydrogen-bond donors (Lipinski definition) is 1. The highest BCUT2D eigenvalue weighted by atomic mass is 35.5. The molecule has 3 nitrogen and oxygen atoms in total. The minimum atomic E-state index is -0.692. The molecular formula is C9H9ClFNO2. The van der Waals surface area contributed by atoms with E-state index in [9.17, 15) is 9.18 Å². The highest BCUT2D eigenvalue weighted by molar-refractivity contribution is 6.30. The van der Waals surface area contributed by atoms with Crippen LogP contribution in [0.15, 0.2) is 24.3 Å². The van der Waals surface area contributed by atoms with Gasteiger partial charge < -0.3 is 4.74 Å². The van der Waals surface area contributed by atoms with Crippen molar-refractivity contribution >= 4 is 23.4 Å². The predicted molar refractivity (Wildman–Crippen MR) is 52.4 cm³/mol. The largest absolute Gasteiger partial charge is 0.447 e. The van der Waals surface area contributed by atoms with Crippen LogP contribution in [0.5, 0.6) is 0 Å². The lowest BCUT2D eigenvalue weighted by Gasteiger charge is -2.05. The average molecular weight is 218 g/mol.